The molecule has 0 radical (unpaired) electrons. The Morgan fingerprint density at radius 2 is 2.18 bits per heavy atom. The lowest BCUT2D eigenvalue weighted by Crippen LogP contribution is -2.35. The van der Waals surface area contributed by atoms with Crippen LogP contribution < -0.4 is 15.5 Å². The van der Waals surface area contributed by atoms with Crippen LogP contribution in [0.25, 0.3) is 10.9 Å². The summed E-state index contributed by atoms with van der Waals surface area (Å²) >= 11 is 0. The largest absolute Gasteiger partial charge is 0.483 e. The molecule has 2 amide bonds. The van der Waals surface area contributed by atoms with E-state index in [2.05, 4.69) is 33.7 Å². The molecule has 0 spiro atoms. The molecule has 2 atom stereocenters. The number of anilines is 2. The molecule has 33 heavy (non-hydrogen) atoms. The zero-order valence-electron chi connectivity index (χ0n) is 18.6. The zero-order valence-corrected chi connectivity index (χ0v) is 18.6. The second kappa shape index (κ2) is 9.53. The summed E-state index contributed by atoms with van der Waals surface area (Å²) in [6.07, 6.45) is 6.52. The highest BCUT2D eigenvalue weighted by Crippen LogP contribution is 2.37. The van der Waals surface area contributed by atoms with Crippen molar-refractivity contribution in [2.75, 3.05) is 23.3 Å². The minimum atomic E-state index is -0.501. The molecule has 10 heteroatoms. The van der Waals surface area contributed by atoms with Gasteiger partial charge in [0.15, 0.2) is 0 Å². The SMILES string of the molecule is C[C@H]1CC(c2ccnc3c2CCN3C(=O)Nc2cc3cn(C)nc3cc2F)CCN1.O=CO. The summed E-state index contributed by atoms with van der Waals surface area (Å²) in [4.78, 5) is 27.5. The molecule has 0 saturated carbocycles. The van der Waals surface area contributed by atoms with E-state index in [9.17, 15) is 9.18 Å². The average molecular weight is 455 g/mol. The Kier molecular flexibility index (Phi) is 6.55. The zero-order chi connectivity index (χ0) is 23.5. The second-order valence-corrected chi connectivity index (χ2v) is 8.41. The predicted octanol–water partition coefficient (Wildman–Crippen LogP) is 3.26. The molecule has 3 N–H and O–H groups in total. The number of carboxylic acid groups (broad SMARTS) is 1. The summed E-state index contributed by atoms with van der Waals surface area (Å²) in [7, 11) is 1.78. The molecule has 1 fully saturated rings. The number of piperidine rings is 1. The monoisotopic (exact) mass is 454 g/mol. The van der Waals surface area contributed by atoms with Gasteiger partial charge in [0.25, 0.3) is 6.47 Å². The van der Waals surface area contributed by atoms with Crippen LogP contribution in [0.15, 0.2) is 30.6 Å². The molecule has 5 rings (SSSR count). The van der Waals surface area contributed by atoms with Crippen molar-refractivity contribution in [3.63, 3.8) is 0 Å². The van der Waals surface area contributed by atoms with Crippen LogP contribution in [0.4, 0.5) is 20.7 Å². The molecule has 2 aromatic heterocycles. The number of halogens is 1. The number of amides is 2. The normalized spacial score (nSPS) is 19.5. The molecular weight excluding hydrogens is 427 g/mol. The number of urea groups is 1. The van der Waals surface area contributed by atoms with Crippen molar-refractivity contribution in [2.24, 2.45) is 7.05 Å². The van der Waals surface area contributed by atoms with E-state index in [0.29, 0.717) is 29.8 Å². The Morgan fingerprint density at radius 1 is 1.39 bits per heavy atom. The van der Waals surface area contributed by atoms with E-state index < -0.39 is 5.82 Å². The highest BCUT2D eigenvalue weighted by Gasteiger charge is 2.31. The number of pyridine rings is 1. The minimum Gasteiger partial charge on any atom is -0.483 e. The topological polar surface area (TPSA) is 112 Å². The van der Waals surface area contributed by atoms with E-state index in [0.717, 1.165) is 36.8 Å². The van der Waals surface area contributed by atoms with Gasteiger partial charge in [-0.2, -0.15) is 5.10 Å². The Morgan fingerprint density at radius 3 is 2.94 bits per heavy atom. The maximum absolute atomic E-state index is 14.5. The molecule has 4 heterocycles. The van der Waals surface area contributed by atoms with Crippen molar-refractivity contribution in [3.05, 3.63) is 47.5 Å². The van der Waals surface area contributed by atoms with Crippen LogP contribution in [0.2, 0.25) is 0 Å². The number of rotatable bonds is 2. The van der Waals surface area contributed by atoms with Crippen molar-refractivity contribution < 1.29 is 19.1 Å². The van der Waals surface area contributed by atoms with Gasteiger partial charge in [-0.1, -0.05) is 0 Å². The number of carbonyl (C=O) groups is 2. The van der Waals surface area contributed by atoms with Crippen LogP contribution in [0, 0.1) is 5.82 Å². The second-order valence-electron chi connectivity index (χ2n) is 8.41. The molecule has 2 aliphatic rings. The molecule has 1 aromatic carbocycles. The van der Waals surface area contributed by atoms with Crippen molar-refractivity contribution in [3.8, 4) is 0 Å². The Hall–Kier alpha value is -3.53. The maximum atomic E-state index is 14.5. The summed E-state index contributed by atoms with van der Waals surface area (Å²) in [5.74, 6) is 0.671. The van der Waals surface area contributed by atoms with Crippen LogP contribution in [0.1, 0.15) is 36.8 Å². The van der Waals surface area contributed by atoms with E-state index in [1.807, 2.05) is 0 Å². The van der Waals surface area contributed by atoms with Crippen LogP contribution in [-0.2, 0) is 18.3 Å². The predicted molar refractivity (Wildman–Crippen MR) is 123 cm³/mol. The van der Waals surface area contributed by atoms with Gasteiger partial charge < -0.3 is 15.7 Å². The number of nitrogens with one attached hydrogen (secondary N) is 2. The van der Waals surface area contributed by atoms with Crippen molar-refractivity contribution in [2.45, 2.75) is 38.1 Å². The molecule has 1 saturated heterocycles. The average Bonchev–Trinajstić information content (AvgIpc) is 3.37. The van der Waals surface area contributed by atoms with Crippen LogP contribution in [0.3, 0.4) is 0 Å². The van der Waals surface area contributed by atoms with Gasteiger partial charge in [0.05, 0.1) is 11.2 Å². The number of carbonyl (C=O) groups excluding carboxylic acids is 1. The highest BCUT2D eigenvalue weighted by atomic mass is 19.1. The molecule has 2 aliphatic heterocycles. The fraction of sp³-hybridized carbons (Fsp3) is 0.391. The fourth-order valence-corrected chi connectivity index (χ4v) is 4.76. The van der Waals surface area contributed by atoms with Crippen molar-refractivity contribution >= 4 is 34.9 Å². The smallest absolute Gasteiger partial charge is 0.327 e. The van der Waals surface area contributed by atoms with Crippen LogP contribution in [-0.4, -0.2) is 51.5 Å². The van der Waals surface area contributed by atoms with Crippen LogP contribution >= 0.6 is 0 Å². The number of nitrogens with zero attached hydrogens (tertiary/aromatic N) is 4. The first-order valence-corrected chi connectivity index (χ1v) is 10.9. The van der Waals surface area contributed by atoms with E-state index in [1.54, 1.807) is 35.1 Å². The molecule has 3 aromatic rings. The summed E-state index contributed by atoms with van der Waals surface area (Å²) in [5.41, 5.74) is 3.15. The van der Waals surface area contributed by atoms with Gasteiger partial charge in [0.2, 0.25) is 0 Å². The van der Waals surface area contributed by atoms with Gasteiger partial charge in [-0.05, 0) is 56.3 Å². The van der Waals surface area contributed by atoms with Gasteiger partial charge in [0.1, 0.15) is 11.6 Å². The number of benzene rings is 1. The van der Waals surface area contributed by atoms with E-state index in [4.69, 9.17) is 9.90 Å². The minimum absolute atomic E-state index is 0.150. The summed E-state index contributed by atoms with van der Waals surface area (Å²) in [6.45, 7) is 3.51. The van der Waals surface area contributed by atoms with Gasteiger partial charge >= 0.3 is 6.03 Å². The number of aromatic nitrogens is 3. The lowest BCUT2D eigenvalue weighted by Gasteiger charge is -2.29. The summed E-state index contributed by atoms with van der Waals surface area (Å²) in [5, 5.41) is 18.1. The summed E-state index contributed by atoms with van der Waals surface area (Å²) < 4.78 is 16.1. The molecule has 174 valence electrons. The van der Waals surface area contributed by atoms with E-state index in [-0.39, 0.29) is 18.2 Å². The third-order valence-corrected chi connectivity index (χ3v) is 6.17. The van der Waals surface area contributed by atoms with Gasteiger partial charge in [-0.15, -0.1) is 0 Å². The third-order valence-electron chi connectivity index (χ3n) is 6.17. The molecule has 0 aliphatic carbocycles. The Bertz CT molecular complexity index is 1180. The standard InChI is InChI=1S/C22H25FN6O.CH2O2/c1-13-9-14(3-6-24-13)16-4-7-25-21-17(16)5-8-29(21)22(30)26-20-10-15-12-28(2)27-19(15)11-18(20)23;2-1-3/h4,7,10-14,24H,3,5-6,8-9H2,1-2H3,(H,26,30);1H,(H,2,3)/t13-,14?;/m0./s1. The van der Waals surface area contributed by atoms with Gasteiger partial charge in [-0.25, -0.2) is 14.2 Å². The number of fused-ring (bicyclic) bond motifs is 2. The first-order valence-electron chi connectivity index (χ1n) is 10.9. The van der Waals surface area contributed by atoms with Crippen LogP contribution in [0.5, 0.6) is 0 Å². The lowest BCUT2D eigenvalue weighted by atomic mass is 9.84. The molecular formula is C23H27FN6O3. The number of hydrogen-bond donors (Lipinski definition) is 3. The Balaban J connectivity index is 0.000000821. The number of aryl methyl sites for hydroxylation is 1. The molecule has 0 bridgehead atoms. The number of hydrogen-bond acceptors (Lipinski definition) is 5. The lowest BCUT2D eigenvalue weighted by molar-refractivity contribution is -0.122. The van der Waals surface area contributed by atoms with E-state index in [1.165, 1.54) is 11.6 Å². The molecule has 1 unspecified atom stereocenters. The quantitative estimate of drug-likeness (QED) is 0.513. The Labute approximate surface area is 190 Å². The summed E-state index contributed by atoms with van der Waals surface area (Å²) in [6, 6.07) is 5.18. The fourth-order valence-electron chi connectivity index (χ4n) is 4.76. The van der Waals surface area contributed by atoms with Gasteiger partial charge in [-0.3, -0.25) is 14.4 Å². The van der Waals surface area contributed by atoms with Gasteiger partial charge in [0, 0.05) is 49.0 Å². The third kappa shape index (κ3) is 4.65. The highest BCUT2D eigenvalue weighted by molar-refractivity contribution is 6.03. The van der Waals surface area contributed by atoms with Crippen molar-refractivity contribution in [1.29, 1.82) is 0 Å². The van der Waals surface area contributed by atoms with Crippen molar-refractivity contribution in [1.82, 2.24) is 20.1 Å². The first-order chi connectivity index (χ1) is 15.9. The molecule has 9 nitrogen and oxygen atoms in total. The van der Waals surface area contributed by atoms with E-state index >= 15 is 0 Å². The first kappa shape index (κ1) is 22.7. The maximum Gasteiger partial charge on any atom is 0.327 e.